The van der Waals surface area contributed by atoms with Crippen molar-refractivity contribution in [1.82, 2.24) is 5.43 Å². The van der Waals surface area contributed by atoms with Crippen molar-refractivity contribution in [2.45, 2.75) is 26.3 Å². The lowest BCUT2D eigenvalue weighted by molar-refractivity contribution is 0.0696. The first kappa shape index (κ1) is 16.5. The Hall–Kier alpha value is -2.82. The zero-order valence-electron chi connectivity index (χ0n) is 13.4. The number of rotatable bonds is 4. The van der Waals surface area contributed by atoms with E-state index in [1.807, 2.05) is 26.8 Å². The largest absolute Gasteiger partial charge is 0.478 e. The minimum absolute atomic E-state index is 0.206. The third-order valence-electron chi connectivity index (χ3n) is 3.29. The number of anilines is 1. The summed E-state index contributed by atoms with van der Waals surface area (Å²) in [6.45, 7) is 5.89. The molecular weight excluding hydrogens is 292 g/mol. The Labute approximate surface area is 135 Å². The number of carboxylic acid groups (broad SMARTS) is 1. The number of carbonyl (C=O) groups is 2. The number of hydrogen-bond donors (Lipinski definition) is 2. The van der Waals surface area contributed by atoms with Gasteiger partial charge in [0.25, 0.3) is 5.91 Å². The Morgan fingerprint density at radius 2 is 1.48 bits per heavy atom. The number of hydrogen-bond acceptors (Lipinski definition) is 3. The molecule has 0 saturated heterocycles. The summed E-state index contributed by atoms with van der Waals surface area (Å²) in [4.78, 5) is 23.4. The molecule has 5 nitrogen and oxygen atoms in total. The van der Waals surface area contributed by atoms with Crippen LogP contribution >= 0.6 is 0 Å². The fourth-order valence-corrected chi connectivity index (χ4v) is 2.13. The lowest BCUT2D eigenvalue weighted by Gasteiger charge is -2.37. The molecule has 0 unspecified atom stereocenters. The Balaban J connectivity index is 2.27. The second-order valence-corrected chi connectivity index (χ2v) is 6.17. The molecular formula is C18H20N2O3. The van der Waals surface area contributed by atoms with Gasteiger partial charge in [-0.1, -0.05) is 18.2 Å². The summed E-state index contributed by atoms with van der Waals surface area (Å²) in [5.41, 5.74) is 3.98. The van der Waals surface area contributed by atoms with Gasteiger partial charge in [0.05, 0.1) is 16.8 Å². The summed E-state index contributed by atoms with van der Waals surface area (Å²) in [6, 6.07) is 15.3. The topological polar surface area (TPSA) is 69.6 Å². The molecule has 2 rings (SSSR count). The first-order valence-electron chi connectivity index (χ1n) is 7.28. The third-order valence-corrected chi connectivity index (χ3v) is 3.29. The number of hydrazine groups is 1. The van der Waals surface area contributed by atoms with E-state index < -0.39 is 5.97 Å². The van der Waals surface area contributed by atoms with Crippen LogP contribution in [0.25, 0.3) is 0 Å². The monoisotopic (exact) mass is 312 g/mol. The van der Waals surface area contributed by atoms with Crippen LogP contribution in [0.3, 0.4) is 0 Å². The van der Waals surface area contributed by atoms with Crippen LogP contribution in [0.4, 0.5) is 5.69 Å². The first-order valence-corrected chi connectivity index (χ1v) is 7.28. The molecule has 0 spiro atoms. The SMILES string of the molecule is CC(C)(C)N(NC(=O)c1ccccc1)c1ccc(C(=O)O)cc1. The van der Waals surface area contributed by atoms with Crippen molar-refractivity contribution in [1.29, 1.82) is 0 Å². The second kappa shape index (κ2) is 6.52. The van der Waals surface area contributed by atoms with Crippen molar-refractivity contribution in [2.24, 2.45) is 0 Å². The van der Waals surface area contributed by atoms with Gasteiger partial charge >= 0.3 is 5.97 Å². The van der Waals surface area contributed by atoms with Gasteiger partial charge in [-0.05, 0) is 57.2 Å². The Bertz CT molecular complexity index is 688. The molecule has 0 aliphatic rings. The van der Waals surface area contributed by atoms with E-state index in [0.29, 0.717) is 11.3 Å². The van der Waals surface area contributed by atoms with Gasteiger partial charge in [0.2, 0.25) is 0 Å². The van der Waals surface area contributed by atoms with Gasteiger partial charge in [-0.2, -0.15) is 0 Å². The van der Waals surface area contributed by atoms with E-state index in [1.54, 1.807) is 41.4 Å². The van der Waals surface area contributed by atoms with Gasteiger partial charge in [-0.15, -0.1) is 0 Å². The third kappa shape index (κ3) is 4.10. The van der Waals surface area contributed by atoms with E-state index in [9.17, 15) is 9.59 Å². The standard InChI is InChI=1S/C18H20N2O3/c1-18(2,3)20(15-11-9-14(10-12-15)17(22)23)19-16(21)13-7-5-4-6-8-13/h4-12H,1-3H3,(H,19,21)(H,22,23). The maximum atomic E-state index is 12.4. The molecule has 0 atom stereocenters. The van der Waals surface area contributed by atoms with E-state index in [-0.39, 0.29) is 17.0 Å². The van der Waals surface area contributed by atoms with Crippen LogP contribution in [-0.4, -0.2) is 22.5 Å². The molecule has 2 aromatic rings. The van der Waals surface area contributed by atoms with Gasteiger partial charge in [-0.25, -0.2) is 4.79 Å². The van der Waals surface area contributed by atoms with Crippen molar-refractivity contribution in [2.75, 3.05) is 5.01 Å². The minimum Gasteiger partial charge on any atom is -0.478 e. The first-order chi connectivity index (χ1) is 10.8. The van der Waals surface area contributed by atoms with Crippen LogP contribution in [0.15, 0.2) is 54.6 Å². The van der Waals surface area contributed by atoms with E-state index in [2.05, 4.69) is 5.43 Å². The average Bonchev–Trinajstić information content (AvgIpc) is 2.52. The number of aromatic carboxylic acids is 1. The number of nitrogens with zero attached hydrogens (tertiary/aromatic N) is 1. The highest BCUT2D eigenvalue weighted by molar-refractivity contribution is 5.95. The lowest BCUT2D eigenvalue weighted by atomic mass is 10.1. The number of carboxylic acids is 1. The quantitative estimate of drug-likeness (QED) is 0.850. The van der Waals surface area contributed by atoms with Gasteiger partial charge in [-0.3, -0.25) is 15.2 Å². The summed E-state index contributed by atoms with van der Waals surface area (Å²) in [6.07, 6.45) is 0. The Kier molecular flexibility index (Phi) is 4.69. The Morgan fingerprint density at radius 3 is 1.96 bits per heavy atom. The summed E-state index contributed by atoms with van der Waals surface area (Å²) < 4.78 is 0. The number of nitrogens with one attached hydrogen (secondary N) is 1. The maximum absolute atomic E-state index is 12.4. The summed E-state index contributed by atoms with van der Waals surface area (Å²) in [7, 11) is 0. The number of carbonyl (C=O) groups excluding carboxylic acids is 1. The molecule has 0 heterocycles. The van der Waals surface area contributed by atoms with Crippen molar-refractivity contribution >= 4 is 17.6 Å². The van der Waals surface area contributed by atoms with Gasteiger partial charge in [0.1, 0.15) is 0 Å². The van der Waals surface area contributed by atoms with Crippen LogP contribution in [0, 0.1) is 0 Å². The summed E-state index contributed by atoms with van der Waals surface area (Å²) >= 11 is 0. The highest BCUT2D eigenvalue weighted by Crippen LogP contribution is 2.22. The maximum Gasteiger partial charge on any atom is 0.335 e. The highest BCUT2D eigenvalue weighted by atomic mass is 16.4. The molecule has 120 valence electrons. The van der Waals surface area contributed by atoms with Crippen LogP contribution in [0.1, 0.15) is 41.5 Å². The zero-order valence-corrected chi connectivity index (χ0v) is 13.4. The van der Waals surface area contributed by atoms with E-state index >= 15 is 0 Å². The van der Waals surface area contributed by atoms with Crippen molar-refractivity contribution in [3.8, 4) is 0 Å². The van der Waals surface area contributed by atoms with Crippen molar-refractivity contribution in [3.05, 3.63) is 65.7 Å². The molecule has 0 fully saturated rings. The predicted molar refractivity (Wildman–Crippen MR) is 89.5 cm³/mol. The second-order valence-electron chi connectivity index (χ2n) is 6.17. The zero-order chi connectivity index (χ0) is 17.0. The summed E-state index contributed by atoms with van der Waals surface area (Å²) in [5, 5.41) is 10.7. The van der Waals surface area contributed by atoms with E-state index in [4.69, 9.17) is 5.11 Å². The number of benzene rings is 2. The fourth-order valence-electron chi connectivity index (χ4n) is 2.13. The van der Waals surface area contributed by atoms with Gasteiger partial charge in [0, 0.05) is 5.56 Å². The molecule has 23 heavy (non-hydrogen) atoms. The molecule has 2 N–H and O–H groups in total. The molecule has 1 amide bonds. The predicted octanol–water partition coefficient (Wildman–Crippen LogP) is 3.33. The van der Waals surface area contributed by atoms with Crippen LogP contribution in [0.5, 0.6) is 0 Å². The lowest BCUT2D eigenvalue weighted by Crippen LogP contribution is -2.53. The van der Waals surface area contributed by atoms with Gasteiger partial charge in [0.15, 0.2) is 0 Å². The fraction of sp³-hybridized carbons (Fsp3) is 0.222. The molecule has 0 aliphatic carbocycles. The number of amides is 1. The molecule has 0 aliphatic heterocycles. The van der Waals surface area contributed by atoms with Crippen LogP contribution < -0.4 is 10.4 Å². The highest BCUT2D eigenvalue weighted by Gasteiger charge is 2.24. The molecule has 2 aromatic carbocycles. The van der Waals surface area contributed by atoms with E-state index in [0.717, 1.165) is 0 Å². The van der Waals surface area contributed by atoms with Gasteiger partial charge < -0.3 is 5.11 Å². The molecule has 0 aromatic heterocycles. The smallest absolute Gasteiger partial charge is 0.335 e. The normalized spacial score (nSPS) is 10.9. The molecule has 0 bridgehead atoms. The Morgan fingerprint density at radius 1 is 0.913 bits per heavy atom. The molecule has 5 heteroatoms. The molecule has 0 saturated carbocycles. The van der Waals surface area contributed by atoms with E-state index in [1.165, 1.54) is 12.1 Å². The van der Waals surface area contributed by atoms with Crippen LogP contribution in [0.2, 0.25) is 0 Å². The average molecular weight is 312 g/mol. The van der Waals surface area contributed by atoms with Crippen LogP contribution in [-0.2, 0) is 0 Å². The van der Waals surface area contributed by atoms with Crippen molar-refractivity contribution in [3.63, 3.8) is 0 Å². The summed E-state index contributed by atoms with van der Waals surface area (Å²) in [5.74, 6) is -1.20. The van der Waals surface area contributed by atoms with Crippen molar-refractivity contribution < 1.29 is 14.7 Å². The minimum atomic E-state index is -0.979. The molecule has 0 radical (unpaired) electrons.